The van der Waals surface area contributed by atoms with Crippen molar-refractivity contribution in [1.82, 2.24) is 10.6 Å². The summed E-state index contributed by atoms with van der Waals surface area (Å²) in [4.78, 5) is 24.4. The van der Waals surface area contributed by atoms with E-state index in [2.05, 4.69) is 17.6 Å². The molecule has 0 spiro atoms. The van der Waals surface area contributed by atoms with Gasteiger partial charge in [0, 0.05) is 31.0 Å². The third-order valence-corrected chi connectivity index (χ3v) is 4.66. The Morgan fingerprint density at radius 1 is 1.36 bits per heavy atom. The lowest BCUT2D eigenvalue weighted by atomic mass is 9.93. The van der Waals surface area contributed by atoms with Gasteiger partial charge in [0.1, 0.15) is 5.76 Å². The minimum Gasteiger partial charge on any atom is -0.455 e. The molecule has 2 aliphatic rings. The molecule has 0 bridgehead atoms. The summed E-state index contributed by atoms with van der Waals surface area (Å²) in [6, 6.07) is 0.114. The third kappa shape index (κ3) is 3.06. The molecule has 22 heavy (non-hydrogen) atoms. The number of amides is 1. The first-order chi connectivity index (χ1) is 10.1. The summed E-state index contributed by atoms with van der Waals surface area (Å²) in [6.07, 6.45) is 3.16. The summed E-state index contributed by atoms with van der Waals surface area (Å²) >= 11 is 0. The highest BCUT2D eigenvalue weighted by atomic mass is 35.5. The van der Waals surface area contributed by atoms with Gasteiger partial charge in [0.15, 0.2) is 11.5 Å². The summed E-state index contributed by atoms with van der Waals surface area (Å²) in [5.41, 5.74) is 1.34. The Hall–Kier alpha value is -1.33. The molecule has 1 aliphatic heterocycles. The maximum Gasteiger partial charge on any atom is 0.287 e. The van der Waals surface area contributed by atoms with Crippen LogP contribution < -0.4 is 10.6 Å². The topological polar surface area (TPSA) is 71.3 Å². The van der Waals surface area contributed by atoms with E-state index in [1.807, 2.05) is 6.92 Å². The predicted molar refractivity (Wildman–Crippen MR) is 85.9 cm³/mol. The van der Waals surface area contributed by atoms with E-state index >= 15 is 0 Å². The minimum absolute atomic E-state index is 0. The molecule has 1 amide bonds. The molecule has 1 fully saturated rings. The number of carbonyl (C=O) groups excluding carboxylic acids is 2. The number of furan rings is 1. The van der Waals surface area contributed by atoms with Crippen molar-refractivity contribution in [3.05, 3.63) is 22.6 Å². The highest BCUT2D eigenvalue weighted by molar-refractivity contribution is 6.03. The Kier molecular flexibility index (Phi) is 5.29. The monoisotopic (exact) mass is 326 g/mol. The zero-order valence-corrected chi connectivity index (χ0v) is 13.8. The van der Waals surface area contributed by atoms with Crippen molar-refractivity contribution in [1.29, 1.82) is 0 Å². The van der Waals surface area contributed by atoms with E-state index < -0.39 is 0 Å². The summed E-state index contributed by atoms with van der Waals surface area (Å²) < 4.78 is 5.69. The Morgan fingerprint density at radius 2 is 2.14 bits per heavy atom. The summed E-state index contributed by atoms with van der Waals surface area (Å²) in [5, 5.41) is 6.34. The molecule has 6 heteroatoms. The van der Waals surface area contributed by atoms with Gasteiger partial charge in [-0.1, -0.05) is 6.92 Å². The zero-order valence-electron chi connectivity index (χ0n) is 13.0. The highest BCUT2D eigenvalue weighted by Crippen LogP contribution is 2.29. The van der Waals surface area contributed by atoms with Crippen LogP contribution >= 0.6 is 12.4 Å². The average molecular weight is 327 g/mol. The third-order valence-electron chi connectivity index (χ3n) is 4.66. The van der Waals surface area contributed by atoms with Gasteiger partial charge in [-0.2, -0.15) is 0 Å². The second-order valence-corrected chi connectivity index (χ2v) is 6.18. The summed E-state index contributed by atoms with van der Waals surface area (Å²) in [7, 11) is 0. The second-order valence-electron chi connectivity index (χ2n) is 6.18. The number of carbonyl (C=O) groups is 2. The van der Waals surface area contributed by atoms with Crippen LogP contribution in [0.2, 0.25) is 0 Å². The minimum atomic E-state index is -0.199. The van der Waals surface area contributed by atoms with Gasteiger partial charge in [-0.3, -0.25) is 9.59 Å². The van der Waals surface area contributed by atoms with Crippen LogP contribution in [0.3, 0.4) is 0 Å². The number of piperidine rings is 1. The van der Waals surface area contributed by atoms with Crippen LogP contribution in [0.1, 0.15) is 58.4 Å². The van der Waals surface area contributed by atoms with Gasteiger partial charge in [0.05, 0.1) is 5.56 Å². The zero-order chi connectivity index (χ0) is 15.0. The van der Waals surface area contributed by atoms with Crippen LogP contribution in [-0.2, 0) is 6.42 Å². The number of ketones is 1. The van der Waals surface area contributed by atoms with Crippen LogP contribution in [0.25, 0.3) is 0 Å². The largest absolute Gasteiger partial charge is 0.455 e. The van der Waals surface area contributed by atoms with E-state index in [4.69, 9.17) is 4.42 Å². The Balaban J connectivity index is 0.00000176. The van der Waals surface area contributed by atoms with Crippen molar-refractivity contribution in [2.24, 2.45) is 5.92 Å². The molecule has 2 heterocycles. The molecule has 1 aromatic rings. The maximum atomic E-state index is 12.5. The molecule has 1 aromatic heterocycles. The van der Waals surface area contributed by atoms with E-state index in [9.17, 15) is 9.59 Å². The Bertz CT molecular complexity index is 582. The van der Waals surface area contributed by atoms with Gasteiger partial charge in [0.2, 0.25) is 0 Å². The summed E-state index contributed by atoms with van der Waals surface area (Å²) in [6.45, 7) is 5.74. The number of hydrogen-bond acceptors (Lipinski definition) is 4. The Morgan fingerprint density at radius 3 is 2.82 bits per heavy atom. The number of fused-ring (bicyclic) bond motifs is 1. The van der Waals surface area contributed by atoms with Gasteiger partial charge in [0.25, 0.3) is 5.91 Å². The van der Waals surface area contributed by atoms with Crippen molar-refractivity contribution < 1.29 is 14.0 Å². The molecule has 5 nitrogen and oxygen atoms in total. The van der Waals surface area contributed by atoms with Crippen molar-refractivity contribution in [2.75, 3.05) is 13.1 Å². The van der Waals surface area contributed by atoms with Gasteiger partial charge in [-0.25, -0.2) is 0 Å². The molecular formula is C16H23ClN2O3. The molecule has 1 saturated heterocycles. The molecule has 122 valence electrons. The van der Waals surface area contributed by atoms with Crippen molar-refractivity contribution in [3.63, 3.8) is 0 Å². The lowest BCUT2D eigenvalue weighted by Gasteiger charge is -2.29. The molecule has 2 unspecified atom stereocenters. The number of nitrogens with one attached hydrogen (secondary N) is 2. The average Bonchev–Trinajstić information content (AvgIpc) is 2.80. The smallest absolute Gasteiger partial charge is 0.287 e. The second kappa shape index (κ2) is 6.84. The molecule has 0 saturated carbocycles. The van der Waals surface area contributed by atoms with E-state index in [1.54, 1.807) is 0 Å². The molecule has 1 aliphatic carbocycles. The number of aryl methyl sites for hydroxylation is 1. The number of hydrogen-bond donors (Lipinski definition) is 2. The lowest BCUT2D eigenvalue weighted by molar-refractivity contribution is 0.0882. The standard InChI is InChI=1S/C16H22N2O3.ClH/c1-9-6-7-17-8-11(9)18-16(20)15-10(2)14-12(19)4-3-5-13(14)21-15;/h9,11,17H,3-8H2,1-2H3,(H,18,20);1H. The summed E-state index contributed by atoms with van der Waals surface area (Å²) in [5.74, 6) is 1.35. The molecule has 3 rings (SSSR count). The quantitative estimate of drug-likeness (QED) is 0.874. The van der Waals surface area contributed by atoms with Crippen molar-refractivity contribution >= 4 is 24.1 Å². The predicted octanol–water partition coefficient (Wildman–Crippen LogP) is 2.26. The van der Waals surface area contributed by atoms with E-state index in [0.29, 0.717) is 35.0 Å². The fourth-order valence-electron chi connectivity index (χ4n) is 3.28. The van der Waals surface area contributed by atoms with E-state index in [0.717, 1.165) is 32.4 Å². The lowest BCUT2D eigenvalue weighted by Crippen LogP contribution is -2.50. The number of halogens is 1. The van der Waals surface area contributed by atoms with Gasteiger partial charge in [-0.05, 0) is 32.2 Å². The van der Waals surface area contributed by atoms with Gasteiger partial charge < -0.3 is 15.1 Å². The van der Waals surface area contributed by atoms with Crippen LogP contribution in [0.5, 0.6) is 0 Å². The van der Waals surface area contributed by atoms with Crippen molar-refractivity contribution in [3.8, 4) is 0 Å². The first kappa shape index (κ1) is 17.0. The highest BCUT2D eigenvalue weighted by Gasteiger charge is 2.30. The fourth-order valence-corrected chi connectivity index (χ4v) is 3.28. The number of rotatable bonds is 2. The van der Waals surface area contributed by atoms with Crippen LogP contribution in [-0.4, -0.2) is 30.8 Å². The first-order valence-corrected chi connectivity index (χ1v) is 7.75. The molecular weight excluding hydrogens is 304 g/mol. The Labute approximate surface area is 136 Å². The van der Waals surface area contributed by atoms with Gasteiger partial charge in [-0.15, -0.1) is 12.4 Å². The van der Waals surface area contributed by atoms with Gasteiger partial charge >= 0.3 is 0 Å². The normalized spacial score (nSPS) is 24.4. The maximum absolute atomic E-state index is 12.5. The van der Waals surface area contributed by atoms with E-state index in [1.165, 1.54) is 0 Å². The van der Waals surface area contributed by atoms with Crippen LogP contribution in [0, 0.1) is 12.8 Å². The molecule has 0 aromatic carbocycles. The number of Topliss-reactive ketones (excluding diaryl/α,β-unsaturated/α-hetero) is 1. The molecule has 2 N–H and O–H groups in total. The first-order valence-electron chi connectivity index (χ1n) is 7.75. The fraction of sp³-hybridized carbons (Fsp3) is 0.625. The van der Waals surface area contributed by atoms with E-state index in [-0.39, 0.29) is 30.1 Å². The molecule has 0 radical (unpaired) electrons. The molecule has 2 atom stereocenters. The SMILES string of the molecule is Cc1c(C(=O)NC2CNCCC2C)oc2c1C(=O)CCC2.Cl. The van der Waals surface area contributed by atoms with Crippen LogP contribution in [0.4, 0.5) is 0 Å². The van der Waals surface area contributed by atoms with Crippen LogP contribution in [0.15, 0.2) is 4.42 Å². The van der Waals surface area contributed by atoms with Crippen molar-refractivity contribution in [2.45, 2.75) is 45.6 Å².